The molecule has 13 heavy (non-hydrogen) atoms. The Morgan fingerprint density at radius 1 is 0.538 bits per heavy atom. The van der Waals surface area contributed by atoms with Crippen molar-refractivity contribution < 1.29 is 0 Å². The van der Waals surface area contributed by atoms with E-state index in [2.05, 4.69) is 36.5 Å². The number of hydrogen-bond acceptors (Lipinski definition) is 0. The third-order valence-corrected chi connectivity index (χ3v) is 2.04. The third kappa shape index (κ3) is 6.15. The zero-order valence-electron chi connectivity index (χ0n) is 8.15. The van der Waals surface area contributed by atoms with Gasteiger partial charge in [0.2, 0.25) is 0 Å². The summed E-state index contributed by atoms with van der Waals surface area (Å²) in [5, 5.41) is 0. The predicted octanol–water partition coefficient (Wildman–Crippen LogP) is 4.18. The Labute approximate surface area is 81.4 Å². The van der Waals surface area contributed by atoms with Gasteiger partial charge in [0.25, 0.3) is 0 Å². The molecule has 0 aromatic rings. The highest BCUT2D eigenvalue weighted by Crippen LogP contribution is 2.07. The zero-order valence-corrected chi connectivity index (χ0v) is 8.15. The molecule has 2 aliphatic rings. The highest BCUT2D eigenvalue weighted by molar-refractivity contribution is 5.16. The molecule has 0 saturated heterocycles. The smallest absolute Gasteiger partial charge is 0.0163 e. The van der Waals surface area contributed by atoms with Gasteiger partial charge in [-0.15, -0.1) is 0 Å². The van der Waals surface area contributed by atoms with Crippen LogP contribution in [0.5, 0.6) is 0 Å². The van der Waals surface area contributed by atoms with Crippen LogP contribution < -0.4 is 0 Å². The minimum atomic E-state index is 1.08. The van der Waals surface area contributed by atoms with Gasteiger partial charge >= 0.3 is 0 Å². The van der Waals surface area contributed by atoms with Gasteiger partial charge in [0.05, 0.1) is 0 Å². The molecular formula is C13H18. The van der Waals surface area contributed by atoms with Gasteiger partial charge < -0.3 is 0 Å². The standard InChI is InChI=1S/C7H8.C6H10/c1-2-4-6-7-5-3-1;1-2-4-6-5-3-1/h1-6H,7H2;1-2H,3-6H2. The summed E-state index contributed by atoms with van der Waals surface area (Å²) in [5.41, 5.74) is 0. The second-order valence-corrected chi connectivity index (χ2v) is 3.23. The first-order valence-electron chi connectivity index (χ1n) is 5.13. The van der Waals surface area contributed by atoms with Crippen molar-refractivity contribution in [3.05, 3.63) is 48.6 Å². The normalized spacial score (nSPS) is 19.1. The fourth-order valence-corrected chi connectivity index (χ4v) is 1.28. The molecule has 0 radical (unpaired) electrons. The molecule has 0 nitrogen and oxygen atoms in total. The molecule has 0 aromatic carbocycles. The van der Waals surface area contributed by atoms with E-state index < -0.39 is 0 Å². The van der Waals surface area contributed by atoms with E-state index in [1.165, 1.54) is 25.7 Å². The fourth-order valence-electron chi connectivity index (χ4n) is 1.28. The van der Waals surface area contributed by atoms with Gasteiger partial charge in [-0.05, 0) is 32.1 Å². The first-order valence-corrected chi connectivity index (χ1v) is 5.13. The Kier molecular flexibility index (Phi) is 5.87. The molecule has 0 heterocycles. The first kappa shape index (κ1) is 10.0. The van der Waals surface area contributed by atoms with Crippen molar-refractivity contribution >= 4 is 0 Å². The Hall–Kier alpha value is -1.04. The minimum absolute atomic E-state index is 1.08. The molecule has 0 amide bonds. The van der Waals surface area contributed by atoms with Crippen LogP contribution in [0.3, 0.4) is 0 Å². The molecule has 0 fully saturated rings. The van der Waals surface area contributed by atoms with Crippen LogP contribution in [-0.4, -0.2) is 0 Å². The minimum Gasteiger partial charge on any atom is -0.0885 e. The number of rotatable bonds is 0. The summed E-state index contributed by atoms with van der Waals surface area (Å²) in [6.45, 7) is 0. The molecule has 0 heteroatoms. The van der Waals surface area contributed by atoms with Gasteiger partial charge in [0.15, 0.2) is 0 Å². The summed E-state index contributed by atoms with van der Waals surface area (Å²) < 4.78 is 0. The van der Waals surface area contributed by atoms with Gasteiger partial charge in [-0.3, -0.25) is 0 Å². The van der Waals surface area contributed by atoms with Crippen molar-refractivity contribution in [3.63, 3.8) is 0 Å². The monoisotopic (exact) mass is 174 g/mol. The lowest BCUT2D eigenvalue weighted by molar-refractivity contribution is 0.730. The van der Waals surface area contributed by atoms with E-state index in [0.717, 1.165) is 6.42 Å². The summed E-state index contributed by atoms with van der Waals surface area (Å²) >= 11 is 0. The second-order valence-electron chi connectivity index (χ2n) is 3.23. The van der Waals surface area contributed by atoms with Crippen LogP contribution in [0, 0.1) is 0 Å². The second kappa shape index (κ2) is 7.60. The van der Waals surface area contributed by atoms with E-state index in [1.807, 2.05) is 12.2 Å². The Balaban J connectivity index is 0.000000132. The van der Waals surface area contributed by atoms with Crippen LogP contribution in [0.2, 0.25) is 0 Å². The molecule has 0 saturated carbocycles. The van der Waals surface area contributed by atoms with Gasteiger partial charge in [-0.1, -0.05) is 48.6 Å². The number of hydrogen-bond donors (Lipinski definition) is 0. The molecule has 0 atom stereocenters. The molecule has 0 unspecified atom stereocenters. The third-order valence-electron chi connectivity index (χ3n) is 2.04. The SMILES string of the molecule is C1=CC=CCC=C1.C1=CCCCC1. The van der Waals surface area contributed by atoms with E-state index in [0.29, 0.717) is 0 Å². The zero-order chi connectivity index (χ0) is 9.19. The van der Waals surface area contributed by atoms with Gasteiger partial charge in [-0.25, -0.2) is 0 Å². The molecule has 2 aliphatic carbocycles. The van der Waals surface area contributed by atoms with E-state index in [-0.39, 0.29) is 0 Å². The van der Waals surface area contributed by atoms with Crippen LogP contribution in [0.25, 0.3) is 0 Å². The highest BCUT2D eigenvalue weighted by atomic mass is 13.9. The summed E-state index contributed by atoms with van der Waals surface area (Å²) in [7, 11) is 0. The van der Waals surface area contributed by atoms with Crippen LogP contribution >= 0.6 is 0 Å². The van der Waals surface area contributed by atoms with Crippen LogP contribution in [0.15, 0.2) is 48.6 Å². The topological polar surface area (TPSA) is 0 Å². The van der Waals surface area contributed by atoms with Crippen molar-refractivity contribution in [2.24, 2.45) is 0 Å². The average Bonchev–Trinajstić information content (AvgIpc) is 2.53. The lowest BCUT2D eigenvalue weighted by Gasteiger charge is -1.97. The van der Waals surface area contributed by atoms with E-state index >= 15 is 0 Å². The van der Waals surface area contributed by atoms with Crippen molar-refractivity contribution in [1.29, 1.82) is 0 Å². The largest absolute Gasteiger partial charge is 0.0885 e. The molecule has 0 aromatic heterocycles. The van der Waals surface area contributed by atoms with Crippen molar-refractivity contribution in [3.8, 4) is 0 Å². The Bertz CT molecular complexity index is 194. The van der Waals surface area contributed by atoms with Gasteiger partial charge in [0, 0.05) is 0 Å². The molecular weight excluding hydrogens is 156 g/mol. The Morgan fingerprint density at radius 3 is 1.46 bits per heavy atom. The molecule has 70 valence electrons. The van der Waals surface area contributed by atoms with Crippen LogP contribution in [0.1, 0.15) is 32.1 Å². The summed E-state index contributed by atoms with van der Waals surface area (Å²) in [4.78, 5) is 0. The highest BCUT2D eigenvalue weighted by Gasteiger charge is 1.87. The maximum absolute atomic E-state index is 2.27. The Morgan fingerprint density at radius 2 is 1.08 bits per heavy atom. The van der Waals surface area contributed by atoms with Crippen LogP contribution in [-0.2, 0) is 0 Å². The quantitative estimate of drug-likeness (QED) is 0.483. The maximum atomic E-state index is 2.27. The lowest BCUT2D eigenvalue weighted by atomic mass is 10.1. The summed E-state index contributed by atoms with van der Waals surface area (Å²) in [5.74, 6) is 0. The van der Waals surface area contributed by atoms with Gasteiger partial charge in [0.1, 0.15) is 0 Å². The van der Waals surface area contributed by atoms with Gasteiger partial charge in [-0.2, -0.15) is 0 Å². The number of allylic oxidation sites excluding steroid dienone is 8. The van der Waals surface area contributed by atoms with Crippen molar-refractivity contribution in [2.45, 2.75) is 32.1 Å². The van der Waals surface area contributed by atoms with Crippen molar-refractivity contribution in [1.82, 2.24) is 0 Å². The van der Waals surface area contributed by atoms with Crippen molar-refractivity contribution in [2.75, 3.05) is 0 Å². The molecule has 0 aliphatic heterocycles. The molecule has 2 rings (SSSR count). The summed E-state index contributed by atoms with van der Waals surface area (Å²) in [6.07, 6.45) is 23.5. The fraction of sp³-hybridized carbons (Fsp3) is 0.385. The van der Waals surface area contributed by atoms with E-state index in [1.54, 1.807) is 0 Å². The average molecular weight is 174 g/mol. The van der Waals surface area contributed by atoms with E-state index in [4.69, 9.17) is 0 Å². The molecule has 0 bridgehead atoms. The van der Waals surface area contributed by atoms with E-state index in [9.17, 15) is 0 Å². The summed E-state index contributed by atoms with van der Waals surface area (Å²) in [6, 6.07) is 0. The molecule has 0 N–H and O–H groups in total. The maximum Gasteiger partial charge on any atom is -0.0163 e. The van der Waals surface area contributed by atoms with Crippen LogP contribution in [0.4, 0.5) is 0 Å². The molecule has 0 spiro atoms. The first-order chi connectivity index (χ1) is 6.50. The predicted molar refractivity (Wildman–Crippen MR) is 59.6 cm³/mol. The lowest BCUT2D eigenvalue weighted by Crippen LogP contribution is -1.77.